The van der Waals surface area contributed by atoms with Crippen molar-refractivity contribution in [1.29, 1.82) is 0 Å². The lowest BCUT2D eigenvalue weighted by atomic mass is 9.89. The molecule has 1 aromatic carbocycles. The van der Waals surface area contributed by atoms with Crippen LogP contribution in [-0.4, -0.2) is 16.2 Å². The summed E-state index contributed by atoms with van der Waals surface area (Å²) >= 11 is 0. The maximum absolute atomic E-state index is 11.3. The van der Waals surface area contributed by atoms with E-state index in [2.05, 4.69) is 15.5 Å². The zero-order valence-electron chi connectivity index (χ0n) is 13.1. The van der Waals surface area contributed by atoms with Crippen LogP contribution in [0.15, 0.2) is 34.9 Å². The summed E-state index contributed by atoms with van der Waals surface area (Å²) in [7, 11) is 0. The van der Waals surface area contributed by atoms with E-state index in [0.29, 0.717) is 18.2 Å². The minimum Gasteiger partial charge on any atom is -0.352 e. The first-order valence-electron chi connectivity index (χ1n) is 8.16. The molecule has 3 N–H and O–H groups in total. The van der Waals surface area contributed by atoms with E-state index in [1.807, 2.05) is 30.3 Å². The fourth-order valence-corrected chi connectivity index (χ4v) is 3.16. The summed E-state index contributed by atoms with van der Waals surface area (Å²) in [5, 5.41) is 6.88. The molecule has 1 aromatic heterocycles. The Morgan fingerprint density at radius 3 is 2.70 bits per heavy atom. The van der Waals surface area contributed by atoms with Gasteiger partial charge in [0.15, 0.2) is 5.82 Å². The predicted molar refractivity (Wildman–Crippen MR) is 85.7 cm³/mol. The first-order chi connectivity index (χ1) is 11.2. The molecule has 6 nitrogen and oxygen atoms in total. The molecule has 1 aliphatic rings. The first kappa shape index (κ1) is 15.5. The molecular formula is C17H22N4O2. The molecule has 3 rings (SSSR count). The van der Waals surface area contributed by atoms with Gasteiger partial charge >= 0.3 is 6.03 Å². The lowest BCUT2D eigenvalue weighted by molar-refractivity contribution is 0.244. The van der Waals surface area contributed by atoms with Gasteiger partial charge in [-0.3, -0.25) is 0 Å². The van der Waals surface area contributed by atoms with Crippen LogP contribution in [0.25, 0.3) is 0 Å². The van der Waals surface area contributed by atoms with Crippen molar-refractivity contribution in [2.24, 2.45) is 5.73 Å². The van der Waals surface area contributed by atoms with Gasteiger partial charge in [-0.2, -0.15) is 4.98 Å². The van der Waals surface area contributed by atoms with Crippen LogP contribution in [0.1, 0.15) is 61.3 Å². The van der Waals surface area contributed by atoms with E-state index >= 15 is 0 Å². The quantitative estimate of drug-likeness (QED) is 0.886. The van der Waals surface area contributed by atoms with Gasteiger partial charge in [0.25, 0.3) is 0 Å². The van der Waals surface area contributed by atoms with E-state index < -0.39 is 6.03 Å². The zero-order valence-corrected chi connectivity index (χ0v) is 13.1. The number of rotatable bonds is 5. The summed E-state index contributed by atoms with van der Waals surface area (Å²) in [5.41, 5.74) is 6.25. The average Bonchev–Trinajstić information content (AvgIpc) is 3.04. The van der Waals surface area contributed by atoms with E-state index in [1.165, 1.54) is 19.3 Å². The number of nitrogens with zero attached hydrogens (tertiary/aromatic N) is 2. The molecule has 2 aromatic rings. The van der Waals surface area contributed by atoms with Gasteiger partial charge < -0.3 is 15.6 Å². The Morgan fingerprint density at radius 1 is 1.26 bits per heavy atom. The number of primary amides is 1. The number of benzene rings is 1. The van der Waals surface area contributed by atoms with E-state index in [9.17, 15) is 4.79 Å². The molecular weight excluding hydrogens is 292 g/mol. The van der Waals surface area contributed by atoms with Crippen molar-refractivity contribution in [3.05, 3.63) is 47.6 Å². The van der Waals surface area contributed by atoms with Crippen molar-refractivity contribution < 1.29 is 9.32 Å². The second kappa shape index (κ2) is 7.26. The van der Waals surface area contributed by atoms with Gasteiger partial charge in [-0.15, -0.1) is 0 Å². The summed E-state index contributed by atoms with van der Waals surface area (Å²) in [6, 6.07) is 8.83. The number of urea groups is 1. The molecule has 1 fully saturated rings. The number of hydrogen-bond acceptors (Lipinski definition) is 4. The molecule has 23 heavy (non-hydrogen) atoms. The van der Waals surface area contributed by atoms with Crippen molar-refractivity contribution in [3.63, 3.8) is 0 Å². The summed E-state index contributed by atoms with van der Waals surface area (Å²) in [4.78, 5) is 15.8. The third-order valence-corrected chi connectivity index (χ3v) is 4.35. The van der Waals surface area contributed by atoms with Gasteiger partial charge in [-0.1, -0.05) is 54.8 Å². The molecule has 1 saturated carbocycles. The largest absolute Gasteiger partial charge is 0.352 e. The molecule has 6 heteroatoms. The van der Waals surface area contributed by atoms with Crippen LogP contribution in [0.2, 0.25) is 0 Å². The smallest absolute Gasteiger partial charge is 0.312 e. The fourth-order valence-electron chi connectivity index (χ4n) is 3.16. The first-order valence-corrected chi connectivity index (χ1v) is 8.16. The van der Waals surface area contributed by atoms with Crippen LogP contribution in [0.4, 0.5) is 4.79 Å². The Morgan fingerprint density at radius 2 is 2.00 bits per heavy atom. The Hall–Kier alpha value is -2.37. The standard InChI is InChI=1S/C17H22N4O2/c18-17(22)19-14(12-7-3-1-4-8-12)11-15-20-16(21-23-15)13-9-5-2-6-10-13/h1,3-4,7-8,13-14H,2,5-6,9-11H2,(H3,18,19,22). The second-order valence-corrected chi connectivity index (χ2v) is 6.06. The van der Waals surface area contributed by atoms with E-state index in [0.717, 1.165) is 24.2 Å². The van der Waals surface area contributed by atoms with Gasteiger partial charge in [0.2, 0.25) is 5.89 Å². The molecule has 0 radical (unpaired) electrons. The van der Waals surface area contributed by atoms with Crippen LogP contribution < -0.4 is 11.1 Å². The molecule has 1 heterocycles. The van der Waals surface area contributed by atoms with Crippen molar-refractivity contribution in [3.8, 4) is 0 Å². The van der Waals surface area contributed by atoms with Crippen LogP contribution in [-0.2, 0) is 6.42 Å². The van der Waals surface area contributed by atoms with Crippen LogP contribution in [0.3, 0.4) is 0 Å². The molecule has 1 aliphatic carbocycles. The number of carbonyl (C=O) groups excluding carboxylic acids is 1. The maximum atomic E-state index is 11.3. The summed E-state index contributed by atoms with van der Waals surface area (Å²) < 4.78 is 5.40. The molecule has 0 saturated heterocycles. The van der Waals surface area contributed by atoms with E-state index in [4.69, 9.17) is 10.3 Å². The lowest BCUT2D eigenvalue weighted by Gasteiger charge is -2.17. The normalized spacial score (nSPS) is 16.9. The highest BCUT2D eigenvalue weighted by molar-refractivity contribution is 5.72. The lowest BCUT2D eigenvalue weighted by Crippen LogP contribution is -2.34. The number of amides is 2. The molecule has 0 spiro atoms. The molecule has 1 unspecified atom stereocenters. The predicted octanol–water partition coefficient (Wildman–Crippen LogP) is 3.07. The SMILES string of the molecule is NC(=O)NC(Cc1nc(C2CCCCC2)no1)c1ccccc1. The number of carbonyl (C=O) groups is 1. The maximum Gasteiger partial charge on any atom is 0.312 e. The second-order valence-electron chi connectivity index (χ2n) is 6.06. The Balaban J connectivity index is 1.72. The highest BCUT2D eigenvalue weighted by Gasteiger charge is 2.23. The van der Waals surface area contributed by atoms with Gasteiger partial charge in [0.05, 0.1) is 12.5 Å². The third kappa shape index (κ3) is 4.09. The average molecular weight is 314 g/mol. The molecule has 0 aliphatic heterocycles. The minimum atomic E-state index is -0.564. The van der Waals surface area contributed by atoms with Crippen molar-refractivity contribution in [1.82, 2.24) is 15.5 Å². The van der Waals surface area contributed by atoms with Crippen LogP contribution >= 0.6 is 0 Å². The monoisotopic (exact) mass is 314 g/mol. The van der Waals surface area contributed by atoms with Gasteiger partial charge in [0.1, 0.15) is 0 Å². The number of nitrogens with two attached hydrogens (primary N) is 1. The van der Waals surface area contributed by atoms with Gasteiger partial charge in [0, 0.05) is 5.92 Å². The van der Waals surface area contributed by atoms with Crippen LogP contribution in [0, 0.1) is 0 Å². The highest BCUT2D eigenvalue weighted by Crippen LogP contribution is 2.31. The molecule has 1 atom stereocenters. The number of aromatic nitrogens is 2. The Kier molecular flexibility index (Phi) is 4.90. The summed E-state index contributed by atoms with van der Waals surface area (Å²) in [5.74, 6) is 1.74. The molecule has 122 valence electrons. The van der Waals surface area contributed by atoms with Crippen molar-refractivity contribution >= 4 is 6.03 Å². The highest BCUT2D eigenvalue weighted by atomic mass is 16.5. The van der Waals surface area contributed by atoms with Gasteiger partial charge in [-0.05, 0) is 18.4 Å². The zero-order chi connectivity index (χ0) is 16.1. The van der Waals surface area contributed by atoms with Gasteiger partial charge in [-0.25, -0.2) is 4.79 Å². The number of hydrogen-bond donors (Lipinski definition) is 2. The van der Waals surface area contributed by atoms with Crippen molar-refractivity contribution in [2.75, 3.05) is 0 Å². The summed E-state index contributed by atoms with van der Waals surface area (Å²) in [6.45, 7) is 0. The Bertz CT molecular complexity index is 635. The fraction of sp³-hybridized carbons (Fsp3) is 0.471. The topological polar surface area (TPSA) is 94.0 Å². The molecule has 0 bridgehead atoms. The Labute approximate surface area is 135 Å². The summed E-state index contributed by atoms with van der Waals surface area (Å²) in [6.07, 6.45) is 6.43. The van der Waals surface area contributed by atoms with Crippen LogP contribution in [0.5, 0.6) is 0 Å². The minimum absolute atomic E-state index is 0.270. The molecule has 2 amide bonds. The van der Waals surface area contributed by atoms with Crippen molar-refractivity contribution in [2.45, 2.75) is 50.5 Å². The number of nitrogens with one attached hydrogen (secondary N) is 1. The van der Waals surface area contributed by atoms with E-state index in [1.54, 1.807) is 0 Å². The van der Waals surface area contributed by atoms with E-state index in [-0.39, 0.29) is 6.04 Å². The third-order valence-electron chi connectivity index (χ3n) is 4.35.